The summed E-state index contributed by atoms with van der Waals surface area (Å²) in [6, 6.07) is 10.0. The highest BCUT2D eigenvalue weighted by Gasteiger charge is 2.54. The number of rotatable bonds is 1. The van der Waals surface area contributed by atoms with E-state index in [2.05, 4.69) is 43.6 Å². The lowest BCUT2D eigenvalue weighted by molar-refractivity contribution is 0.0430. The first kappa shape index (κ1) is 12.9. The van der Waals surface area contributed by atoms with Gasteiger partial charge in [0.1, 0.15) is 0 Å². The first-order valence-corrected chi connectivity index (χ1v) is 8.49. The monoisotopic (exact) mass is 269 g/mol. The number of aryl methyl sites for hydroxylation is 1. The highest BCUT2D eigenvalue weighted by Crippen LogP contribution is 2.60. The highest BCUT2D eigenvalue weighted by molar-refractivity contribution is 5.35. The van der Waals surface area contributed by atoms with Gasteiger partial charge in [-0.25, -0.2) is 0 Å². The summed E-state index contributed by atoms with van der Waals surface area (Å²) in [5, 5.41) is 3.62. The van der Waals surface area contributed by atoms with Gasteiger partial charge in [0, 0.05) is 6.04 Å². The number of hydrogen-bond donors (Lipinski definition) is 1. The molecule has 1 nitrogen and oxygen atoms in total. The van der Waals surface area contributed by atoms with Gasteiger partial charge in [0.15, 0.2) is 0 Å². The molecule has 0 spiro atoms. The quantitative estimate of drug-likeness (QED) is 0.808. The van der Waals surface area contributed by atoms with E-state index in [1.165, 1.54) is 38.5 Å². The summed E-state index contributed by atoms with van der Waals surface area (Å²) in [6.45, 7) is 2.57. The van der Waals surface area contributed by atoms with Crippen LogP contribution in [0.1, 0.15) is 56.1 Å². The van der Waals surface area contributed by atoms with E-state index in [0.717, 1.165) is 23.8 Å². The standard InChI is InChI=1S/C19H27N/c1-19-12-11-15-14-6-4-3-5-13(14)7-8-16(15)17(19)9-10-18(19)20-2/h3-6,15-18,20H,7-12H2,1-2H3. The van der Waals surface area contributed by atoms with E-state index in [1.54, 1.807) is 11.1 Å². The van der Waals surface area contributed by atoms with Crippen LogP contribution in [-0.2, 0) is 6.42 Å². The lowest BCUT2D eigenvalue weighted by Crippen LogP contribution is -2.47. The zero-order chi connectivity index (χ0) is 13.7. The lowest BCUT2D eigenvalue weighted by atomic mass is 9.55. The van der Waals surface area contributed by atoms with Crippen molar-refractivity contribution in [1.29, 1.82) is 0 Å². The van der Waals surface area contributed by atoms with Crippen molar-refractivity contribution in [3.8, 4) is 0 Å². The zero-order valence-corrected chi connectivity index (χ0v) is 12.9. The van der Waals surface area contributed by atoms with Crippen LogP contribution in [0.3, 0.4) is 0 Å². The predicted octanol–water partition coefficient (Wildman–Crippen LogP) is 4.13. The summed E-state index contributed by atoms with van der Waals surface area (Å²) in [6.07, 6.45) is 8.41. The van der Waals surface area contributed by atoms with Crippen molar-refractivity contribution in [2.75, 3.05) is 7.05 Å². The molecule has 0 amide bonds. The summed E-state index contributed by atoms with van der Waals surface area (Å²) in [7, 11) is 2.17. The summed E-state index contributed by atoms with van der Waals surface area (Å²) in [5.41, 5.74) is 3.89. The van der Waals surface area contributed by atoms with Gasteiger partial charge >= 0.3 is 0 Å². The minimum Gasteiger partial charge on any atom is -0.316 e. The Bertz CT molecular complexity index is 508. The number of fused-ring (bicyclic) bond motifs is 5. The summed E-state index contributed by atoms with van der Waals surface area (Å²) in [4.78, 5) is 0. The molecule has 0 radical (unpaired) electrons. The van der Waals surface area contributed by atoms with E-state index in [9.17, 15) is 0 Å². The maximum atomic E-state index is 3.62. The summed E-state index contributed by atoms with van der Waals surface area (Å²) < 4.78 is 0. The molecule has 0 saturated heterocycles. The Morgan fingerprint density at radius 2 is 1.95 bits per heavy atom. The normalized spacial score (nSPS) is 42.7. The van der Waals surface area contributed by atoms with Gasteiger partial charge in [0.05, 0.1) is 0 Å². The molecule has 0 aromatic heterocycles. The number of benzene rings is 1. The van der Waals surface area contributed by atoms with Crippen LogP contribution in [0, 0.1) is 17.3 Å². The minimum atomic E-state index is 0.558. The number of nitrogens with one attached hydrogen (secondary N) is 1. The van der Waals surface area contributed by atoms with Crippen LogP contribution in [0.5, 0.6) is 0 Å². The second kappa shape index (κ2) is 4.59. The molecule has 2 saturated carbocycles. The first-order valence-electron chi connectivity index (χ1n) is 8.49. The van der Waals surface area contributed by atoms with Gasteiger partial charge in [0.2, 0.25) is 0 Å². The molecule has 5 atom stereocenters. The molecule has 0 bridgehead atoms. The average molecular weight is 269 g/mol. The fourth-order valence-corrected chi connectivity index (χ4v) is 6.00. The minimum absolute atomic E-state index is 0.558. The molecule has 4 rings (SSSR count). The van der Waals surface area contributed by atoms with E-state index in [1.807, 2.05) is 0 Å². The molecule has 20 heavy (non-hydrogen) atoms. The Morgan fingerprint density at radius 3 is 2.80 bits per heavy atom. The van der Waals surface area contributed by atoms with Gasteiger partial charge in [-0.05, 0) is 79.9 Å². The second-order valence-corrected chi connectivity index (χ2v) is 7.58. The van der Waals surface area contributed by atoms with Gasteiger partial charge in [-0.3, -0.25) is 0 Å². The Morgan fingerprint density at radius 1 is 1.10 bits per heavy atom. The molecule has 1 heteroatoms. The Kier molecular flexibility index (Phi) is 2.96. The fourth-order valence-electron chi connectivity index (χ4n) is 6.00. The first-order chi connectivity index (χ1) is 9.74. The van der Waals surface area contributed by atoms with Crippen molar-refractivity contribution in [3.63, 3.8) is 0 Å². The third kappa shape index (κ3) is 1.65. The van der Waals surface area contributed by atoms with Crippen LogP contribution in [0.25, 0.3) is 0 Å². The van der Waals surface area contributed by atoms with Gasteiger partial charge in [0.25, 0.3) is 0 Å². The molecule has 5 unspecified atom stereocenters. The van der Waals surface area contributed by atoms with Crippen molar-refractivity contribution >= 4 is 0 Å². The Labute approximate surface area is 123 Å². The Hall–Kier alpha value is -0.820. The van der Waals surface area contributed by atoms with Crippen molar-refractivity contribution in [2.24, 2.45) is 17.3 Å². The van der Waals surface area contributed by atoms with E-state index in [4.69, 9.17) is 0 Å². The molecule has 1 aromatic rings. The topological polar surface area (TPSA) is 12.0 Å². The predicted molar refractivity (Wildman–Crippen MR) is 83.9 cm³/mol. The SMILES string of the molecule is CNC1CCC2C3CCc4ccccc4C3CCC12C. The van der Waals surface area contributed by atoms with Crippen molar-refractivity contribution in [3.05, 3.63) is 35.4 Å². The largest absolute Gasteiger partial charge is 0.316 e. The van der Waals surface area contributed by atoms with E-state index >= 15 is 0 Å². The average Bonchev–Trinajstić information content (AvgIpc) is 2.83. The van der Waals surface area contributed by atoms with Crippen LogP contribution in [0.15, 0.2) is 24.3 Å². The summed E-state index contributed by atoms with van der Waals surface area (Å²) >= 11 is 0. The van der Waals surface area contributed by atoms with E-state index in [-0.39, 0.29) is 0 Å². The molecule has 2 fully saturated rings. The fraction of sp³-hybridized carbons (Fsp3) is 0.684. The maximum Gasteiger partial charge on any atom is 0.0121 e. The van der Waals surface area contributed by atoms with Crippen LogP contribution in [0.2, 0.25) is 0 Å². The zero-order valence-electron chi connectivity index (χ0n) is 12.9. The van der Waals surface area contributed by atoms with Crippen LogP contribution in [-0.4, -0.2) is 13.1 Å². The van der Waals surface area contributed by atoms with Crippen molar-refractivity contribution in [1.82, 2.24) is 5.32 Å². The third-order valence-corrected chi connectivity index (χ3v) is 6.99. The molecular formula is C19H27N. The number of hydrogen-bond acceptors (Lipinski definition) is 1. The lowest BCUT2D eigenvalue weighted by Gasteiger charge is -2.51. The molecule has 3 aliphatic carbocycles. The van der Waals surface area contributed by atoms with Crippen LogP contribution in [0.4, 0.5) is 0 Å². The van der Waals surface area contributed by atoms with Gasteiger partial charge in [-0.2, -0.15) is 0 Å². The molecule has 1 N–H and O–H groups in total. The molecule has 108 valence electrons. The van der Waals surface area contributed by atoms with E-state index in [0.29, 0.717) is 5.41 Å². The smallest absolute Gasteiger partial charge is 0.0121 e. The molecule has 3 aliphatic rings. The van der Waals surface area contributed by atoms with Crippen molar-refractivity contribution in [2.45, 2.75) is 57.4 Å². The van der Waals surface area contributed by atoms with Crippen molar-refractivity contribution < 1.29 is 0 Å². The van der Waals surface area contributed by atoms with Crippen LogP contribution >= 0.6 is 0 Å². The summed E-state index contributed by atoms with van der Waals surface area (Å²) in [5.74, 6) is 2.75. The molecule has 0 aliphatic heterocycles. The molecule has 1 aromatic carbocycles. The van der Waals surface area contributed by atoms with Gasteiger partial charge in [-0.15, -0.1) is 0 Å². The Balaban J connectivity index is 1.69. The molecule has 0 heterocycles. The second-order valence-electron chi connectivity index (χ2n) is 7.58. The van der Waals surface area contributed by atoms with Crippen LogP contribution < -0.4 is 5.32 Å². The van der Waals surface area contributed by atoms with E-state index < -0.39 is 0 Å². The van der Waals surface area contributed by atoms with Gasteiger partial charge < -0.3 is 5.32 Å². The molecular weight excluding hydrogens is 242 g/mol. The van der Waals surface area contributed by atoms with Gasteiger partial charge in [-0.1, -0.05) is 31.2 Å². The third-order valence-electron chi connectivity index (χ3n) is 6.99. The maximum absolute atomic E-state index is 3.62. The highest BCUT2D eigenvalue weighted by atomic mass is 14.9.